The van der Waals surface area contributed by atoms with Crippen LogP contribution in [0.15, 0.2) is 0 Å². The van der Waals surface area contributed by atoms with Crippen molar-refractivity contribution in [2.24, 2.45) is 0 Å². The number of anilines is 2. The minimum absolute atomic E-state index is 0.853. The first-order valence-corrected chi connectivity index (χ1v) is 8.23. The average molecular weight is 293 g/mol. The van der Waals surface area contributed by atoms with Crippen LogP contribution in [0, 0.1) is 6.92 Å². The molecule has 0 saturated heterocycles. The molecule has 0 aromatic carbocycles. The van der Waals surface area contributed by atoms with Gasteiger partial charge in [-0.25, -0.2) is 9.97 Å². The number of likely N-dealkylation sites (N-methyl/N-ethyl adjacent to an activating group) is 1. The van der Waals surface area contributed by atoms with Crippen LogP contribution in [-0.2, 0) is 6.42 Å². The Kier molecular flexibility index (Phi) is 8.05. The molecule has 0 atom stereocenters. The van der Waals surface area contributed by atoms with Crippen LogP contribution in [0.1, 0.15) is 45.5 Å². The normalized spacial score (nSPS) is 11.0. The van der Waals surface area contributed by atoms with E-state index in [4.69, 9.17) is 0 Å². The number of nitrogens with zero attached hydrogens (tertiary/aromatic N) is 3. The van der Waals surface area contributed by atoms with Crippen LogP contribution in [0.2, 0.25) is 0 Å². The molecule has 0 aliphatic rings. The van der Waals surface area contributed by atoms with Gasteiger partial charge < -0.3 is 15.5 Å². The summed E-state index contributed by atoms with van der Waals surface area (Å²) in [4.78, 5) is 11.6. The molecule has 0 aliphatic heterocycles. The molecule has 1 aromatic rings. The quantitative estimate of drug-likeness (QED) is 0.694. The highest BCUT2D eigenvalue weighted by atomic mass is 15.1. The molecule has 1 rings (SSSR count). The van der Waals surface area contributed by atoms with Crippen LogP contribution in [0.5, 0.6) is 0 Å². The van der Waals surface area contributed by atoms with Gasteiger partial charge >= 0.3 is 0 Å². The minimum Gasteiger partial charge on any atom is -0.370 e. The molecular formula is C16H31N5. The molecule has 0 saturated carbocycles. The number of hydrogen-bond donors (Lipinski definition) is 2. The van der Waals surface area contributed by atoms with E-state index in [-0.39, 0.29) is 0 Å². The number of aryl methyl sites for hydroxylation is 1. The number of aromatic nitrogens is 2. The van der Waals surface area contributed by atoms with E-state index < -0.39 is 0 Å². The van der Waals surface area contributed by atoms with Gasteiger partial charge in [0.2, 0.25) is 0 Å². The van der Waals surface area contributed by atoms with Gasteiger partial charge in [-0.1, -0.05) is 27.7 Å². The van der Waals surface area contributed by atoms with E-state index in [9.17, 15) is 0 Å². The van der Waals surface area contributed by atoms with Crippen LogP contribution in [0.4, 0.5) is 11.6 Å². The van der Waals surface area contributed by atoms with Gasteiger partial charge in [0.1, 0.15) is 17.5 Å². The molecule has 0 bridgehead atoms. The molecule has 1 heterocycles. The van der Waals surface area contributed by atoms with Gasteiger partial charge in [-0.3, -0.25) is 0 Å². The van der Waals surface area contributed by atoms with Crippen molar-refractivity contribution in [1.82, 2.24) is 14.9 Å². The molecular weight excluding hydrogens is 262 g/mol. The fraction of sp³-hybridized carbons (Fsp3) is 0.750. The molecule has 5 nitrogen and oxygen atoms in total. The van der Waals surface area contributed by atoms with Crippen molar-refractivity contribution in [1.29, 1.82) is 0 Å². The van der Waals surface area contributed by atoms with Gasteiger partial charge in [0.05, 0.1) is 0 Å². The molecule has 5 heteroatoms. The smallest absolute Gasteiger partial charge is 0.134 e. The summed E-state index contributed by atoms with van der Waals surface area (Å²) >= 11 is 0. The zero-order valence-corrected chi connectivity index (χ0v) is 14.3. The Bertz CT molecular complexity index is 415. The molecule has 0 unspecified atom stereocenters. The predicted molar refractivity (Wildman–Crippen MR) is 91.2 cm³/mol. The van der Waals surface area contributed by atoms with E-state index in [2.05, 4.69) is 60.1 Å². The Balaban J connectivity index is 2.75. The summed E-state index contributed by atoms with van der Waals surface area (Å²) in [5.74, 6) is 2.83. The first-order valence-electron chi connectivity index (χ1n) is 8.23. The summed E-state index contributed by atoms with van der Waals surface area (Å²) in [7, 11) is 0. The molecule has 0 spiro atoms. The largest absolute Gasteiger partial charge is 0.370 e. The Morgan fingerprint density at radius 3 is 1.95 bits per heavy atom. The Morgan fingerprint density at radius 1 is 0.905 bits per heavy atom. The second-order valence-corrected chi connectivity index (χ2v) is 5.20. The lowest BCUT2D eigenvalue weighted by Crippen LogP contribution is -2.29. The summed E-state index contributed by atoms with van der Waals surface area (Å²) < 4.78 is 0. The summed E-state index contributed by atoms with van der Waals surface area (Å²) in [6, 6.07) is 0. The lowest BCUT2D eigenvalue weighted by molar-refractivity contribution is 0.316. The zero-order valence-electron chi connectivity index (χ0n) is 14.3. The van der Waals surface area contributed by atoms with Gasteiger partial charge in [0.15, 0.2) is 0 Å². The number of nitrogens with one attached hydrogen (secondary N) is 2. The average Bonchev–Trinajstić information content (AvgIpc) is 2.51. The molecule has 21 heavy (non-hydrogen) atoms. The van der Waals surface area contributed by atoms with Crippen LogP contribution < -0.4 is 10.6 Å². The predicted octanol–water partition coefficient (Wildman–Crippen LogP) is 2.92. The van der Waals surface area contributed by atoms with Crippen LogP contribution >= 0.6 is 0 Å². The monoisotopic (exact) mass is 293 g/mol. The van der Waals surface area contributed by atoms with Gasteiger partial charge in [-0.2, -0.15) is 0 Å². The van der Waals surface area contributed by atoms with Crippen LogP contribution in [0.3, 0.4) is 0 Å². The SMILES string of the molecule is CCCNc1nc(CC)nc(NCCN(CC)CC)c1C. The van der Waals surface area contributed by atoms with Crippen molar-refractivity contribution >= 4 is 11.6 Å². The highest BCUT2D eigenvalue weighted by molar-refractivity contribution is 5.57. The van der Waals surface area contributed by atoms with E-state index in [1.807, 2.05) is 0 Å². The molecule has 0 fully saturated rings. The molecule has 0 radical (unpaired) electrons. The van der Waals surface area contributed by atoms with Crippen molar-refractivity contribution in [3.8, 4) is 0 Å². The summed E-state index contributed by atoms with van der Waals surface area (Å²) in [5.41, 5.74) is 1.11. The minimum atomic E-state index is 0.853. The third kappa shape index (κ3) is 5.50. The van der Waals surface area contributed by atoms with E-state index in [1.165, 1.54) is 0 Å². The molecule has 1 aromatic heterocycles. The molecule has 120 valence electrons. The molecule has 0 aliphatic carbocycles. The standard InChI is InChI=1S/C16H31N5/c1-6-10-17-15-13(5)16(20-14(7-2)19-15)18-11-12-21(8-3)9-4/h6-12H2,1-5H3,(H2,17,18,19,20). The Labute approximate surface area is 129 Å². The number of hydrogen-bond acceptors (Lipinski definition) is 5. The van der Waals surface area contributed by atoms with E-state index in [0.29, 0.717) is 0 Å². The molecule has 0 amide bonds. The van der Waals surface area contributed by atoms with Crippen molar-refractivity contribution in [2.45, 2.75) is 47.5 Å². The van der Waals surface area contributed by atoms with Crippen molar-refractivity contribution in [3.63, 3.8) is 0 Å². The third-order valence-electron chi connectivity index (χ3n) is 3.67. The maximum Gasteiger partial charge on any atom is 0.134 e. The lowest BCUT2D eigenvalue weighted by atomic mass is 10.2. The van der Waals surface area contributed by atoms with Crippen LogP contribution in [-0.4, -0.2) is 47.6 Å². The summed E-state index contributed by atoms with van der Waals surface area (Å²) in [6.45, 7) is 15.8. The summed E-state index contributed by atoms with van der Waals surface area (Å²) in [6.07, 6.45) is 1.95. The topological polar surface area (TPSA) is 53.1 Å². The molecule has 2 N–H and O–H groups in total. The Hall–Kier alpha value is -1.36. The lowest BCUT2D eigenvalue weighted by Gasteiger charge is -2.19. The first kappa shape index (κ1) is 17.7. The van der Waals surface area contributed by atoms with E-state index in [0.717, 1.165) is 68.6 Å². The van der Waals surface area contributed by atoms with E-state index >= 15 is 0 Å². The Morgan fingerprint density at radius 2 is 1.48 bits per heavy atom. The highest BCUT2D eigenvalue weighted by Gasteiger charge is 2.10. The zero-order chi connectivity index (χ0) is 15.7. The van der Waals surface area contributed by atoms with Crippen molar-refractivity contribution < 1.29 is 0 Å². The van der Waals surface area contributed by atoms with Gasteiger partial charge in [-0.15, -0.1) is 0 Å². The summed E-state index contributed by atoms with van der Waals surface area (Å²) in [5, 5.41) is 6.87. The number of rotatable bonds is 10. The fourth-order valence-electron chi connectivity index (χ4n) is 2.18. The maximum atomic E-state index is 4.63. The van der Waals surface area contributed by atoms with Crippen molar-refractivity contribution in [3.05, 3.63) is 11.4 Å². The van der Waals surface area contributed by atoms with Gasteiger partial charge in [-0.05, 0) is 26.4 Å². The maximum absolute atomic E-state index is 4.63. The van der Waals surface area contributed by atoms with E-state index in [1.54, 1.807) is 0 Å². The second-order valence-electron chi connectivity index (χ2n) is 5.20. The van der Waals surface area contributed by atoms with Crippen LogP contribution in [0.25, 0.3) is 0 Å². The fourth-order valence-corrected chi connectivity index (χ4v) is 2.18. The van der Waals surface area contributed by atoms with Gasteiger partial charge in [0, 0.05) is 31.6 Å². The van der Waals surface area contributed by atoms with Gasteiger partial charge in [0.25, 0.3) is 0 Å². The third-order valence-corrected chi connectivity index (χ3v) is 3.67. The second kappa shape index (κ2) is 9.55. The van der Waals surface area contributed by atoms with Crippen molar-refractivity contribution in [2.75, 3.05) is 43.4 Å². The highest BCUT2D eigenvalue weighted by Crippen LogP contribution is 2.20. The first-order chi connectivity index (χ1) is 10.2.